The Morgan fingerprint density at radius 3 is 1.94 bits per heavy atom. The van der Waals surface area contributed by atoms with E-state index in [0.717, 1.165) is 12.1 Å². The molecule has 0 radical (unpaired) electrons. The summed E-state index contributed by atoms with van der Waals surface area (Å²) in [5.74, 6) is -0.690. The molecule has 0 bridgehead atoms. The highest BCUT2D eigenvalue weighted by atomic mass is 19.1. The Labute approximate surface area is 177 Å². The first-order valence-electron chi connectivity index (χ1n) is 9.97. The van der Waals surface area contributed by atoms with Crippen molar-refractivity contribution in [3.8, 4) is 22.5 Å². The van der Waals surface area contributed by atoms with Crippen molar-refractivity contribution in [3.63, 3.8) is 0 Å². The molecule has 5 nitrogen and oxygen atoms in total. The van der Waals surface area contributed by atoms with Gasteiger partial charge >= 0.3 is 6.03 Å². The summed E-state index contributed by atoms with van der Waals surface area (Å²) in [4.78, 5) is 23.5. The van der Waals surface area contributed by atoms with Crippen LogP contribution in [0.5, 0.6) is 0 Å². The lowest BCUT2D eigenvalue weighted by Crippen LogP contribution is -2.46. The zero-order chi connectivity index (χ0) is 21.4. The van der Waals surface area contributed by atoms with Gasteiger partial charge in [0.25, 0.3) is 0 Å². The lowest BCUT2D eigenvalue weighted by atomic mass is 10.0. The highest BCUT2D eigenvalue weighted by Crippen LogP contribution is 2.32. The molecule has 2 heterocycles. The Hall–Kier alpha value is -3.87. The molecule has 3 aromatic carbocycles. The molecule has 5 rings (SSSR count). The molecular formula is C24H18F2N4O. The van der Waals surface area contributed by atoms with Gasteiger partial charge in [0.15, 0.2) is 0 Å². The number of nitrogens with zero attached hydrogens (tertiary/aromatic N) is 3. The molecule has 0 aliphatic carbocycles. The van der Waals surface area contributed by atoms with E-state index in [1.54, 1.807) is 29.2 Å². The predicted octanol–water partition coefficient (Wildman–Crippen LogP) is 5.16. The van der Waals surface area contributed by atoms with E-state index in [0.29, 0.717) is 46.6 Å². The maximum atomic E-state index is 13.5. The normalized spacial score (nSPS) is 14.0. The Balaban J connectivity index is 1.68. The van der Waals surface area contributed by atoms with Gasteiger partial charge in [0.05, 0.1) is 22.4 Å². The van der Waals surface area contributed by atoms with E-state index >= 15 is 0 Å². The van der Waals surface area contributed by atoms with Gasteiger partial charge in [-0.2, -0.15) is 0 Å². The second-order valence-electron chi connectivity index (χ2n) is 7.34. The Bertz CT molecular complexity index is 1270. The number of aromatic nitrogens is 2. The first kappa shape index (κ1) is 19.1. The lowest BCUT2D eigenvalue weighted by molar-refractivity contribution is 0.243. The van der Waals surface area contributed by atoms with E-state index < -0.39 is 0 Å². The Morgan fingerprint density at radius 1 is 0.774 bits per heavy atom. The first-order valence-corrected chi connectivity index (χ1v) is 9.97. The van der Waals surface area contributed by atoms with Gasteiger partial charge in [0.1, 0.15) is 11.6 Å². The smallest absolute Gasteiger partial charge is 0.321 e. The summed E-state index contributed by atoms with van der Waals surface area (Å²) in [7, 11) is 0. The fourth-order valence-electron chi connectivity index (χ4n) is 3.70. The van der Waals surface area contributed by atoms with Crippen molar-refractivity contribution in [3.05, 3.63) is 78.4 Å². The molecule has 0 atom stereocenters. The standard InChI is InChI=1S/C24H18F2N4O/c25-17-6-2-15(3-7-17)22-23(16-4-8-18(26)9-5-16)29-21-14-19(10-11-20(21)28-22)30-13-1-12-27-24(30)31/h2-11,14H,1,12-13H2,(H,27,31). The molecule has 1 aliphatic rings. The molecule has 1 aliphatic heterocycles. The molecule has 0 saturated carbocycles. The molecule has 154 valence electrons. The minimum atomic E-state index is -0.348. The maximum absolute atomic E-state index is 13.5. The number of nitrogens with one attached hydrogen (secondary N) is 1. The van der Waals surface area contributed by atoms with Crippen LogP contribution in [0.25, 0.3) is 33.5 Å². The van der Waals surface area contributed by atoms with Gasteiger partial charge in [0.2, 0.25) is 0 Å². The van der Waals surface area contributed by atoms with Crippen LogP contribution in [0, 0.1) is 11.6 Å². The van der Waals surface area contributed by atoms with Crippen LogP contribution in [0.2, 0.25) is 0 Å². The fraction of sp³-hybridized carbons (Fsp3) is 0.125. The van der Waals surface area contributed by atoms with Crippen LogP contribution in [-0.2, 0) is 0 Å². The maximum Gasteiger partial charge on any atom is 0.321 e. The minimum absolute atomic E-state index is 0.139. The van der Waals surface area contributed by atoms with E-state index in [9.17, 15) is 13.6 Å². The predicted molar refractivity (Wildman–Crippen MR) is 116 cm³/mol. The minimum Gasteiger partial charge on any atom is -0.338 e. The van der Waals surface area contributed by atoms with Crippen molar-refractivity contribution < 1.29 is 13.6 Å². The highest BCUT2D eigenvalue weighted by molar-refractivity contribution is 5.95. The van der Waals surface area contributed by atoms with Crippen molar-refractivity contribution in [1.82, 2.24) is 15.3 Å². The molecule has 1 N–H and O–H groups in total. The van der Waals surface area contributed by atoms with Gasteiger partial charge in [-0.05, 0) is 73.2 Å². The number of benzene rings is 3. The monoisotopic (exact) mass is 416 g/mol. The third-order valence-electron chi connectivity index (χ3n) is 5.27. The summed E-state index contributed by atoms with van der Waals surface area (Å²) < 4.78 is 27.0. The van der Waals surface area contributed by atoms with Crippen LogP contribution in [0.1, 0.15) is 6.42 Å². The number of carbonyl (C=O) groups is 1. The van der Waals surface area contributed by atoms with E-state index in [1.165, 1.54) is 24.3 Å². The van der Waals surface area contributed by atoms with E-state index in [2.05, 4.69) is 5.32 Å². The molecule has 2 amide bonds. The van der Waals surface area contributed by atoms with Crippen molar-refractivity contribution in [2.75, 3.05) is 18.0 Å². The topological polar surface area (TPSA) is 58.1 Å². The molecule has 1 saturated heterocycles. The van der Waals surface area contributed by atoms with Crippen LogP contribution in [0.3, 0.4) is 0 Å². The molecular weight excluding hydrogens is 398 g/mol. The number of fused-ring (bicyclic) bond motifs is 1. The quantitative estimate of drug-likeness (QED) is 0.502. The molecule has 31 heavy (non-hydrogen) atoms. The average Bonchev–Trinajstić information content (AvgIpc) is 2.79. The number of anilines is 1. The van der Waals surface area contributed by atoms with Gasteiger partial charge in [0, 0.05) is 29.9 Å². The average molecular weight is 416 g/mol. The number of rotatable bonds is 3. The van der Waals surface area contributed by atoms with Crippen LogP contribution in [0.15, 0.2) is 66.7 Å². The number of amides is 2. The summed E-state index contributed by atoms with van der Waals surface area (Å²) in [6.07, 6.45) is 0.861. The van der Waals surface area contributed by atoms with Crippen molar-refractivity contribution in [1.29, 1.82) is 0 Å². The Kier molecular flexibility index (Phi) is 4.78. The van der Waals surface area contributed by atoms with Gasteiger partial charge in [-0.1, -0.05) is 0 Å². The molecule has 1 fully saturated rings. The SMILES string of the molecule is O=C1NCCCN1c1ccc2nc(-c3ccc(F)cc3)c(-c3ccc(F)cc3)nc2c1. The summed E-state index contributed by atoms with van der Waals surface area (Å²) in [6, 6.07) is 17.4. The van der Waals surface area contributed by atoms with E-state index in [1.807, 2.05) is 18.2 Å². The van der Waals surface area contributed by atoms with Gasteiger partial charge in [-0.3, -0.25) is 4.90 Å². The molecule has 1 aromatic heterocycles. The summed E-state index contributed by atoms with van der Waals surface area (Å²) in [5.41, 5.74) is 4.51. The molecule has 4 aromatic rings. The summed E-state index contributed by atoms with van der Waals surface area (Å²) >= 11 is 0. The largest absolute Gasteiger partial charge is 0.338 e. The third kappa shape index (κ3) is 3.70. The number of halogens is 2. The van der Waals surface area contributed by atoms with E-state index in [4.69, 9.17) is 9.97 Å². The van der Waals surface area contributed by atoms with Crippen LogP contribution < -0.4 is 10.2 Å². The Morgan fingerprint density at radius 2 is 1.35 bits per heavy atom. The second kappa shape index (κ2) is 7.75. The highest BCUT2D eigenvalue weighted by Gasteiger charge is 2.20. The van der Waals surface area contributed by atoms with Crippen LogP contribution >= 0.6 is 0 Å². The van der Waals surface area contributed by atoms with Gasteiger partial charge in [-0.15, -0.1) is 0 Å². The second-order valence-corrected chi connectivity index (χ2v) is 7.34. The van der Waals surface area contributed by atoms with Crippen molar-refractivity contribution in [2.24, 2.45) is 0 Å². The number of urea groups is 1. The zero-order valence-electron chi connectivity index (χ0n) is 16.5. The molecule has 0 unspecified atom stereocenters. The van der Waals surface area contributed by atoms with Gasteiger partial charge in [-0.25, -0.2) is 23.5 Å². The lowest BCUT2D eigenvalue weighted by Gasteiger charge is -2.27. The van der Waals surface area contributed by atoms with Crippen molar-refractivity contribution in [2.45, 2.75) is 6.42 Å². The fourth-order valence-corrected chi connectivity index (χ4v) is 3.70. The van der Waals surface area contributed by atoms with Crippen LogP contribution in [0.4, 0.5) is 19.3 Å². The summed E-state index contributed by atoms with van der Waals surface area (Å²) in [5, 5.41) is 2.84. The van der Waals surface area contributed by atoms with Crippen LogP contribution in [-0.4, -0.2) is 29.1 Å². The van der Waals surface area contributed by atoms with Crippen molar-refractivity contribution >= 4 is 22.8 Å². The number of hydrogen-bond acceptors (Lipinski definition) is 3. The number of carbonyl (C=O) groups excluding carboxylic acids is 1. The third-order valence-corrected chi connectivity index (χ3v) is 5.27. The summed E-state index contributed by atoms with van der Waals surface area (Å²) in [6.45, 7) is 1.29. The molecule has 7 heteroatoms. The number of hydrogen-bond donors (Lipinski definition) is 1. The first-order chi connectivity index (χ1) is 15.1. The van der Waals surface area contributed by atoms with Gasteiger partial charge < -0.3 is 5.32 Å². The van der Waals surface area contributed by atoms with E-state index in [-0.39, 0.29) is 17.7 Å². The molecule has 0 spiro atoms. The zero-order valence-corrected chi connectivity index (χ0v) is 16.5.